The Kier molecular flexibility index (Phi) is 9.09. The van der Waals surface area contributed by atoms with Crippen molar-refractivity contribution >= 4 is 5.69 Å². The van der Waals surface area contributed by atoms with Crippen molar-refractivity contribution in [3.8, 4) is 0 Å². The molecular formula is C17H31N3. The lowest BCUT2D eigenvalue weighted by atomic mass is 10.1. The van der Waals surface area contributed by atoms with E-state index in [9.17, 15) is 0 Å². The molecule has 0 aliphatic rings. The van der Waals surface area contributed by atoms with Gasteiger partial charge in [-0.05, 0) is 63.0 Å². The maximum atomic E-state index is 5.67. The summed E-state index contributed by atoms with van der Waals surface area (Å²) < 4.78 is 0. The molecule has 0 fully saturated rings. The summed E-state index contributed by atoms with van der Waals surface area (Å²) in [6, 6.07) is 8.86. The minimum atomic E-state index is 0.703. The number of hydrogen-bond donors (Lipinski definition) is 3. The van der Waals surface area contributed by atoms with Gasteiger partial charge >= 0.3 is 0 Å². The van der Waals surface area contributed by atoms with Crippen LogP contribution in [0.1, 0.15) is 45.1 Å². The zero-order valence-electron chi connectivity index (χ0n) is 13.1. The number of hydrogen-bond acceptors (Lipinski definition) is 3. The molecule has 1 aromatic rings. The van der Waals surface area contributed by atoms with Crippen LogP contribution in [0.2, 0.25) is 0 Å². The van der Waals surface area contributed by atoms with Crippen molar-refractivity contribution in [1.29, 1.82) is 0 Å². The first kappa shape index (κ1) is 17.0. The maximum Gasteiger partial charge on any atom is 0.0314 e. The van der Waals surface area contributed by atoms with Gasteiger partial charge in [0.05, 0.1) is 0 Å². The predicted octanol–water partition coefficient (Wildman–Crippen LogP) is 2.96. The highest BCUT2D eigenvalue weighted by atomic mass is 14.9. The van der Waals surface area contributed by atoms with Crippen LogP contribution in [0, 0.1) is 0 Å². The fraction of sp³-hybridized carbons (Fsp3) is 0.647. The van der Waals surface area contributed by atoms with Crippen LogP contribution in [0.4, 0.5) is 5.69 Å². The Hall–Kier alpha value is -1.06. The number of nitrogen functional groups attached to an aromatic ring is 1. The summed E-state index contributed by atoms with van der Waals surface area (Å²) in [7, 11) is 0. The highest BCUT2D eigenvalue weighted by Crippen LogP contribution is 2.05. The molecule has 1 unspecified atom stereocenters. The Morgan fingerprint density at radius 2 is 1.80 bits per heavy atom. The van der Waals surface area contributed by atoms with Gasteiger partial charge in [-0.1, -0.05) is 32.4 Å². The molecule has 1 aromatic carbocycles. The fourth-order valence-corrected chi connectivity index (χ4v) is 2.36. The van der Waals surface area contributed by atoms with Crippen LogP contribution < -0.4 is 16.4 Å². The van der Waals surface area contributed by atoms with Gasteiger partial charge in [0.15, 0.2) is 0 Å². The lowest BCUT2D eigenvalue weighted by Gasteiger charge is -2.15. The highest BCUT2D eigenvalue weighted by Gasteiger charge is 2.02. The normalized spacial score (nSPS) is 12.5. The van der Waals surface area contributed by atoms with Crippen molar-refractivity contribution in [2.75, 3.05) is 25.4 Å². The van der Waals surface area contributed by atoms with Gasteiger partial charge in [0.2, 0.25) is 0 Å². The molecule has 0 saturated heterocycles. The molecule has 0 heterocycles. The van der Waals surface area contributed by atoms with E-state index in [1.54, 1.807) is 0 Å². The first-order valence-electron chi connectivity index (χ1n) is 8.04. The largest absolute Gasteiger partial charge is 0.399 e. The zero-order chi connectivity index (χ0) is 14.6. The predicted molar refractivity (Wildman–Crippen MR) is 89.0 cm³/mol. The molecule has 4 N–H and O–H groups in total. The van der Waals surface area contributed by atoms with Crippen LogP contribution in [0.15, 0.2) is 24.3 Å². The smallest absolute Gasteiger partial charge is 0.0314 e. The van der Waals surface area contributed by atoms with Crippen molar-refractivity contribution in [3.63, 3.8) is 0 Å². The molecule has 0 saturated carbocycles. The van der Waals surface area contributed by atoms with Crippen molar-refractivity contribution < 1.29 is 0 Å². The molecule has 0 radical (unpaired) electrons. The van der Waals surface area contributed by atoms with Gasteiger partial charge in [0, 0.05) is 11.7 Å². The second-order valence-corrected chi connectivity index (χ2v) is 5.44. The number of nitrogens with one attached hydrogen (secondary N) is 2. The van der Waals surface area contributed by atoms with E-state index in [1.165, 1.54) is 31.2 Å². The number of nitrogens with two attached hydrogens (primary N) is 1. The number of anilines is 1. The Bertz CT molecular complexity index is 335. The summed E-state index contributed by atoms with van der Waals surface area (Å²) in [5.74, 6) is 0. The molecular weight excluding hydrogens is 246 g/mol. The van der Waals surface area contributed by atoms with Crippen LogP contribution in [-0.4, -0.2) is 25.7 Å². The number of benzene rings is 1. The molecule has 1 rings (SSSR count). The van der Waals surface area contributed by atoms with E-state index in [4.69, 9.17) is 5.73 Å². The minimum Gasteiger partial charge on any atom is -0.399 e. The molecule has 1 atom stereocenters. The van der Waals surface area contributed by atoms with Crippen LogP contribution in [-0.2, 0) is 6.42 Å². The van der Waals surface area contributed by atoms with E-state index in [-0.39, 0.29) is 0 Å². The second-order valence-electron chi connectivity index (χ2n) is 5.44. The standard InChI is InChI=1S/C17H31N3/c1-3-6-17(4-2)20-13-5-12-19-14-11-15-7-9-16(18)10-8-15/h7-10,17,19-20H,3-6,11-14,18H2,1-2H3. The van der Waals surface area contributed by atoms with E-state index >= 15 is 0 Å². The molecule has 20 heavy (non-hydrogen) atoms. The van der Waals surface area contributed by atoms with Gasteiger partial charge in [-0.25, -0.2) is 0 Å². The van der Waals surface area contributed by atoms with E-state index in [2.05, 4.69) is 36.6 Å². The van der Waals surface area contributed by atoms with Crippen molar-refractivity contribution in [2.24, 2.45) is 0 Å². The summed E-state index contributed by atoms with van der Waals surface area (Å²) in [4.78, 5) is 0. The molecule has 0 spiro atoms. The summed E-state index contributed by atoms with van der Waals surface area (Å²) in [5.41, 5.74) is 7.86. The number of rotatable bonds is 11. The average molecular weight is 277 g/mol. The fourth-order valence-electron chi connectivity index (χ4n) is 2.36. The van der Waals surface area contributed by atoms with Crippen LogP contribution >= 0.6 is 0 Å². The molecule has 114 valence electrons. The Balaban J connectivity index is 1.98. The SMILES string of the molecule is CCCC(CC)NCCCNCCc1ccc(N)cc1. The van der Waals surface area contributed by atoms with E-state index in [0.717, 1.165) is 31.7 Å². The van der Waals surface area contributed by atoms with Crippen molar-refractivity contribution in [1.82, 2.24) is 10.6 Å². The third-order valence-corrected chi connectivity index (χ3v) is 3.66. The first-order valence-corrected chi connectivity index (χ1v) is 8.04. The minimum absolute atomic E-state index is 0.703. The highest BCUT2D eigenvalue weighted by molar-refractivity contribution is 5.39. The van der Waals surface area contributed by atoms with Gasteiger partial charge in [-0.3, -0.25) is 0 Å². The van der Waals surface area contributed by atoms with Gasteiger partial charge in [-0.15, -0.1) is 0 Å². The van der Waals surface area contributed by atoms with Gasteiger partial charge in [0.25, 0.3) is 0 Å². The summed E-state index contributed by atoms with van der Waals surface area (Å²) in [6.07, 6.45) is 6.06. The van der Waals surface area contributed by atoms with Gasteiger partial charge in [0.1, 0.15) is 0 Å². The molecule has 3 nitrogen and oxygen atoms in total. The van der Waals surface area contributed by atoms with Crippen molar-refractivity contribution in [2.45, 2.75) is 52.0 Å². The van der Waals surface area contributed by atoms with E-state index < -0.39 is 0 Å². The van der Waals surface area contributed by atoms with Crippen LogP contribution in [0.3, 0.4) is 0 Å². The molecule has 0 aliphatic heterocycles. The Morgan fingerprint density at radius 1 is 1.05 bits per heavy atom. The molecule has 0 aromatic heterocycles. The summed E-state index contributed by atoms with van der Waals surface area (Å²) in [6.45, 7) is 7.76. The Morgan fingerprint density at radius 3 is 2.45 bits per heavy atom. The van der Waals surface area contributed by atoms with Crippen molar-refractivity contribution in [3.05, 3.63) is 29.8 Å². The second kappa shape index (κ2) is 10.7. The third-order valence-electron chi connectivity index (χ3n) is 3.66. The molecule has 3 heteroatoms. The summed E-state index contributed by atoms with van der Waals surface area (Å²) in [5, 5.41) is 7.13. The third kappa shape index (κ3) is 7.51. The first-order chi connectivity index (χ1) is 9.76. The zero-order valence-corrected chi connectivity index (χ0v) is 13.1. The van der Waals surface area contributed by atoms with Crippen LogP contribution in [0.25, 0.3) is 0 Å². The van der Waals surface area contributed by atoms with Crippen LogP contribution in [0.5, 0.6) is 0 Å². The Labute approximate surface area is 124 Å². The average Bonchev–Trinajstić information content (AvgIpc) is 2.47. The molecule has 0 amide bonds. The molecule has 0 aliphatic carbocycles. The quantitative estimate of drug-likeness (QED) is 0.430. The lowest BCUT2D eigenvalue weighted by molar-refractivity contribution is 0.454. The monoisotopic (exact) mass is 277 g/mol. The van der Waals surface area contributed by atoms with E-state index in [1.807, 2.05) is 12.1 Å². The summed E-state index contributed by atoms with van der Waals surface area (Å²) >= 11 is 0. The topological polar surface area (TPSA) is 50.1 Å². The van der Waals surface area contributed by atoms with Gasteiger partial charge in [-0.2, -0.15) is 0 Å². The van der Waals surface area contributed by atoms with Gasteiger partial charge < -0.3 is 16.4 Å². The lowest BCUT2D eigenvalue weighted by Crippen LogP contribution is -2.31. The molecule has 0 bridgehead atoms. The van der Waals surface area contributed by atoms with E-state index in [0.29, 0.717) is 6.04 Å². The maximum absolute atomic E-state index is 5.67.